The Morgan fingerprint density at radius 2 is 2.21 bits per heavy atom. The molecular formula is C8H14BrNO3S. The molecule has 0 aliphatic carbocycles. The van der Waals surface area contributed by atoms with Crippen LogP contribution in [0.25, 0.3) is 0 Å². The van der Waals surface area contributed by atoms with Crippen molar-refractivity contribution >= 4 is 31.7 Å². The number of amides is 1. The molecule has 0 spiro atoms. The Morgan fingerprint density at radius 1 is 1.57 bits per heavy atom. The molecule has 0 radical (unpaired) electrons. The minimum absolute atomic E-state index is 0.0317. The van der Waals surface area contributed by atoms with E-state index in [1.165, 1.54) is 0 Å². The third-order valence-electron chi connectivity index (χ3n) is 2.30. The van der Waals surface area contributed by atoms with E-state index < -0.39 is 9.84 Å². The molecule has 1 rings (SSSR count). The quantitative estimate of drug-likeness (QED) is 0.690. The van der Waals surface area contributed by atoms with Crippen molar-refractivity contribution in [1.82, 2.24) is 4.90 Å². The Hall–Kier alpha value is -0.100. The lowest BCUT2D eigenvalue weighted by Crippen LogP contribution is -2.49. The van der Waals surface area contributed by atoms with Gasteiger partial charge in [-0.1, -0.05) is 15.9 Å². The topological polar surface area (TPSA) is 54.5 Å². The van der Waals surface area contributed by atoms with Crippen LogP contribution in [0.4, 0.5) is 0 Å². The van der Waals surface area contributed by atoms with Gasteiger partial charge in [0.1, 0.15) is 0 Å². The van der Waals surface area contributed by atoms with Gasteiger partial charge in [0, 0.05) is 24.3 Å². The number of carbonyl (C=O) groups is 1. The molecule has 1 heterocycles. The van der Waals surface area contributed by atoms with Crippen LogP contribution in [-0.2, 0) is 14.6 Å². The zero-order valence-electron chi connectivity index (χ0n) is 8.07. The summed E-state index contributed by atoms with van der Waals surface area (Å²) in [5.41, 5.74) is 0. The highest BCUT2D eigenvalue weighted by atomic mass is 79.9. The summed E-state index contributed by atoms with van der Waals surface area (Å²) in [4.78, 5) is 13.2. The first kappa shape index (κ1) is 12.0. The van der Waals surface area contributed by atoms with Crippen molar-refractivity contribution < 1.29 is 13.2 Å². The maximum absolute atomic E-state index is 11.5. The van der Waals surface area contributed by atoms with Crippen LogP contribution >= 0.6 is 15.9 Å². The molecule has 14 heavy (non-hydrogen) atoms. The zero-order valence-corrected chi connectivity index (χ0v) is 10.5. The third kappa shape index (κ3) is 2.95. The molecule has 0 N–H and O–H groups in total. The molecule has 0 aromatic rings. The molecule has 1 atom stereocenters. The molecule has 0 bridgehead atoms. The molecule has 4 nitrogen and oxygen atoms in total. The Morgan fingerprint density at radius 3 is 2.71 bits per heavy atom. The van der Waals surface area contributed by atoms with Crippen LogP contribution in [0.15, 0.2) is 0 Å². The number of nitrogens with zero attached hydrogens (tertiary/aromatic N) is 1. The number of halogens is 1. The van der Waals surface area contributed by atoms with Crippen LogP contribution in [0.1, 0.15) is 13.3 Å². The van der Waals surface area contributed by atoms with Gasteiger partial charge in [0.05, 0.1) is 11.5 Å². The fraction of sp³-hybridized carbons (Fsp3) is 0.875. The van der Waals surface area contributed by atoms with Crippen molar-refractivity contribution in [3.63, 3.8) is 0 Å². The zero-order chi connectivity index (χ0) is 10.8. The number of carbonyl (C=O) groups excluding carboxylic acids is 1. The van der Waals surface area contributed by atoms with E-state index in [1.807, 2.05) is 0 Å². The Kier molecular flexibility index (Phi) is 3.94. The van der Waals surface area contributed by atoms with E-state index in [0.29, 0.717) is 18.3 Å². The van der Waals surface area contributed by atoms with Crippen LogP contribution in [0, 0.1) is 0 Å². The highest BCUT2D eigenvalue weighted by Gasteiger charge is 2.30. The Labute approximate surface area is 92.7 Å². The lowest BCUT2D eigenvalue weighted by Gasteiger charge is -2.33. The van der Waals surface area contributed by atoms with Crippen molar-refractivity contribution in [2.24, 2.45) is 0 Å². The summed E-state index contributed by atoms with van der Waals surface area (Å²) in [6.45, 7) is 2.12. The summed E-state index contributed by atoms with van der Waals surface area (Å²) >= 11 is 3.19. The minimum atomic E-state index is -2.92. The minimum Gasteiger partial charge on any atom is -0.338 e. The number of hydrogen-bond donors (Lipinski definition) is 0. The predicted molar refractivity (Wildman–Crippen MR) is 58.2 cm³/mol. The number of rotatable bonds is 2. The van der Waals surface area contributed by atoms with Crippen molar-refractivity contribution in [2.45, 2.75) is 19.4 Å². The monoisotopic (exact) mass is 283 g/mol. The number of hydrogen-bond acceptors (Lipinski definition) is 3. The summed E-state index contributed by atoms with van der Waals surface area (Å²) in [5.74, 6) is 0.233. The summed E-state index contributed by atoms with van der Waals surface area (Å²) in [6.07, 6.45) is 0.435. The molecule has 82 valence electrons. The van der Waals surface area contributed by atoms with Gasteiger partial charge in [0.15, 0.2) is 9.84 Å². The van der Waals surface area contributed by atoms with Gasteiger partial charge in [-0.15, -0.1) is 0 Å². The van der Waals surface area contributed by atoms with Gasteiger partial charge in [-0.3, -0.25) is 4.79 Å². The van der Waals surface area contributed by atoms with Gasteiger partial charge in [-0.25, -0.2) is 8.42 Å². The van der Waals surface area contributed by atoms with E-state index in [1.54, 1.807) is 11.8 Å². The first-order valence-electron chi connectivity index (χ1n) is 4.52. The van der Waals surface area contributed by atoms with Crippen LogP contribution in [-0.4, -0.2) is 48.6 Å². The fourth-order valence-electron chi connectivity index (χ4n) is 1.59. The molecule has 1 aliphatic rings. The first-order valence-corrected chi connectivity index (χ1v) is 7.46. The second-order valence-corrected chi connectivity index (χ2v) is 6.51. The van der Waals surface area contributed by atoms with Crippen molar-refractivity contribution in [3.05, 3.63) is 0 Å². The van der Waals surface area contributed by atoms with Gasteiger partial charge in [0.25, 0.3) is 0 Å². The molecule has 0 aromatic carbocycles. The lowest BCUT2D eigenvalue weighted by molar-refractivity contribution is -0.132. The van der Waals surface area contributed by atoms with Crippen molar-refractivity contribution in [1.29, 1.82) is 0 Å². The maximum atomic E-state index is 11.5. The highest BCUT2D eigenvalue weighted by Crippen LogP contribution is 2.12. The largest absolute Gasteiger partial charge is 0.338 e. The smallest absolute Gasteiger partial charge is 0.223 e. The average molecular weight is 284 g/mol. The molecule has 1 unspecified atom stereocenters. The molecule has 6 heteroatoms. The third-order valence-corrected chi connectivity index (χ3v) is 4.49. The lowest BCUT2D eigenvalue weighted by atomic mass is 10.3. The predicted octanol–water partition coefficient (Wildman–Crippen LogP) is 0.417. The van der Waals surface area contributed by atoms with Crippen LogP contribution in [0.3, 0.4) is 0 Å². The molecule has 1 saturated heterocycles. The van der Waals surface area contributed by atoms with Gasteiger partial charge in [-0.2, -0.15) is 0 Å². The van der Waals surface area contributed by atoms with E-state index in [-0.39, 0.29) is 23.5 Å². The Bertz CT molecular complexity index is 315. The molecule has 1 aliphatic heterocycles. The van der Waals surface area contributed by atoms with E-state index in [4.69, 9.17) is 0 Å². The number of alkyl halides is 1. The van der Waals surface area contributed by atoms with Crippen molar-refractivity contribution in [3.8, 4) is 0 Å². The highest BCUT2D eigenvalue weighted by molar-refractivity contribution is 9.09. The van der Waals surface area contributed by atoms with Gasteiger partial charge in [0.2, 0.25) is 5.91 Å². The second kappa shape index (κ2) is 4.61. The SMILES string of the molecule is CC1CS(=O)(=O)CCN1C(=O)CCBr. The molecular weight excluding hydrogens is 270 g/mol. The van der Waals surface area contributed by atoms with Crippen molar-refractivity contribution in [2.75, 3.05) is 23.4 Å². The first-order chi connectivity index (χ1) is 6.46. The summed E-state index contributed by atoms with van der Waals surface area (Å²) in [5, 5.41) is 0.627. The second-order valence-electron chi connectivity index (χ2n) is 3.49. The summed E-state index contributed by atoms with van der Waals surface area (Å²) in [7, 11) is -2.92. The summed E-state index contributed by atoms with van der Waals surface area (Å²) < 4.78 is 22.5. The van der Waals surface area contributed by atoms with Crippen LogP contribution in [0.2, 0.25) is 0 Å². The Balaban J connectivity index is 2.62. The maximum Gasteiger partial charge on any atom is 0.223 e. The van der Waals surface area contributed by atoms with Crippen LogP contribution in [0.5, 0.6) is 0 Å². The molecule has 0 aromatic heterocycles. The number of sulfone groups is 1. The standard InChI is InChI=1S/C8H14BrNO3S/c1-7-6-14(12,13)5-4-10(7)8(11)2-3-9/h7H,2-6H2,1H3. The molecule has 1 amide bonds. The normalized spacial score (nSPS) is 26.1. The van der Waals surface area contributed by atoms with Gasteiger partial charge in [-0.05, 0) is 6.92 Å². The van der Waals surface area contributed by atoms with E-state index >= 15 is 0 Å². The average Bonchev–Trinajstić information content (AvgIpc) is 2.02. The fourth-order valence-corrected chi connectivity index (χ4v) is 3.49. The van der Waals surface area contributed by atoms with Gasteiger partial charge >= 0.3 is 0 Å². The molecule has 1 fully saturated rings. The van der Waals surface area contributed by atoms with E-state index in [0.717, 1.165) is 0 Å². The summed E-state index contributed by atoms with van der Waals surface area (Å²) in [6, 6.07) is -0.180. The molecule has 0 saturated carbocycles. The van der Waals surface area contributed by atoms with Gasteiger partial charge < -0.3 is 4.90 Å². The van der Waals surface area contributed by atoms with Crippen LogP contribution < -0.4 is 0 Å². The van der Waals surface area contributed by atoms with E-state index in [2.05, 4.69) is 15.9 Å². The van der Waals surface area contributed by atoms with E-state index in [9.17, 15) is 13.2 Å².